The molecule has 2 aromatic carbocycles. The third-order valence-electron chi connectivity index (χ3n) is 3.98. The Labute approximate surface area is 148 Å². The maximum absolute atomic E-state index is 13.8. The molecule has 2 N–H and O–H groups in total. The van der Waals surface area contributed by atoms with Crippen molar-refractivity contribution in [1.82, 2.24) is 5.32 Å². The zero-order chi connectivity index (χ0) is 18.1. The Morgan fingerprint density at radius 2 is 1.80 bits per heavy atom. The van der Waals surface area contributed by atoms with E-state index in [4.69, 9.17) is 9.47 Å². The number of ether oxygens (including phenoxy) is 2. The van der Waals surface area contributed by atoms with E-state index in [9.17, 15) is 9.50 Å². The first-order valence-corrected chi connectivity index (χ1v) is 8.64. The highest BCUT2D eigenvalue weighted by molar-refractivity contribution is 5.46. The second kappa shape index (κ2) is 10.0. The van der Waals surface area contributed by atoms with E-state index in [0.29, 0.717) is 30.2 Å². The molecule has 0 amide bonds. The van der Waals surface area contributed by atoms with Gasteiger partial charge in [-0.15, -0.1) is 0 Å². The summed E-state index contributed by atoms with van der Waals surface area (Å²) in [6.07, 6.45) is 0.826. The largest absolute Gasteiger partial charge is 0.490 e. The number of halogens is 1. The Bertz CT molecular complexity index is 659. The lowest BCUT2D eigenvalue weighted by Gasteiger charge is -2.19. The SMILES string of the molecule is CCOc1cccc(CN[C@H](CC)CO)c1OCc1ccccc1F. The molecule has 0 aliphatic rings. The van der Waals surface area contributed by atoms with Gasteiger partial charge in [-0.25, -0.2) is 4.39 Å². The Hall–Kier alpha value is -2.11. The fourth-order valence-electron chi connectivity index (χ4n) is 2.49. The van der Waals surface area contributed by atoms with Crippen molar-refractivity contribution in [3.8, 4) is 11.5 Å². The predicted octanol–water partition coefficient (Wildman–Crippen LogP) is 3.66. The van der Waals surface area contributed by atoms with Gasteiger partial charge in [0, 0.05) is 23.7 Å². The molecule has 0 aromatic heterocycles. The van der Waals surface area contributed by atoms with Gasteiger partial charge in [0.05, 0.1) is 13.2 Å². The van der Waals surface area contributed by atoms with E-state index in [1.807, 2.05) is 32.0 Å². The molecule has 0 unspecified atom stereocenters. The summed E-state index contributed by atoms with van der Waals surface area (Å²) in [6, 6.07) is 12.3. The van der Waals surface area contributed by atoms with Crippen molar-refractivity contribution in [3.63, 3.8) is 0 Å². The van der Waals surface area contributed by atoms with Crippen LogP contribution in [-0.2, 0) is 13.2 Å². The van der Waals surface area contributed by atoms with Gasteiger partial charge in [-0.1, -0.05) is 37.3 Å². The van der Waals surface area contributed by atoms with Crippen LogP contribution in [0.2, 0.25) is 0 Å². The molecule has 0 spiro atoms. The third-order valence-corrected chi connectivity index (χ3v) is 3.98. The summed E-state index contributed by atoms with van der Waals surface area (Å²) in [4.78, 5) is 0. The first-order valence-electron chi connectivity index (χ1n) is 8.64. The Morgan fingerprint density at radius 1 is 1.04 bits per heavy atom. The minimum Gasteiger partial charge on any atom is -0.490 e. The van der Waals surface area contributed by atoms with Crippen LogP contribution in [0.15, 0.2) is 42.5 Å². The fraction of sp³-hybridized carbons (Fsp3) is 0.400. The topological polar surface area (TPSA) is 50.7 Å². The van der Waals surface area contributed by atoms with Gasteiger partial charge in [-0.2, -0.15) is 0 Å². The van der Waals surface area contributed by atoms with Gasteiger partial charge in [-0.3, -0.25) is 0 Å². The molecule has 2 aromatic rings. The summed E-state index contributed by atoms with van der Waals surface area (Å²) in [5, 5.41) is 12.6. The van der Waals surface area contributed by atoms with Crippen LogP contribution in [0, 0.1) is 5.82 Å². The zero-order valence-electron chi connectivity index (χ0n) is 14.8. The predicted molar refractivity (Wildman–Crippen MR) is 96.3 cm³/mol. The molecule has 25 heavy (non-hydrogen) atoms. The monoisotopic (exact) mass is 347 g/mol. The van der Waals surface area contributed by atoms with Crippen LogP contribution in [-0.4, -0.2) is 24.4 Å². The maximum atomic E-state index is 13.8. The number of aliphatic hydroxyl groups is 1. The highest BCUT2D eigenvalue weighted by Crippen LogP contribution is 2.32. The highest BCUT2D eigenvalue weighted by atomic mass is 19.1. The summed E-state index contributed by atoms with van der Waals surface area (Å²) in [5.41, 5.74) is 1.41. The quantitative estimate of drug-likeness (QED) is 0.689. The molecule has 0 radical (unpaired) electrons. The lowest BCUT2D eigenvalue weighted by atomic mass is 10.1. The van der Waals surface area contributed by atoms with E-state index in [0.717, 1.165) is 12.0 Å². The summed E-state index contributed by atoms with van der Waals surface area (Å²) in [5.74, 6) is 0.950. The second-order valence-electron chi connectivity index (χ2n) is 5.73. The molecule has 0 bridgehead atoms. The smallest absolute Gasteiger partial charge is 0.166 e. The standard InChI is InChI=1S/C20H26FNO3/c1-3-17(13-23)22-12-15-9-7-11-19(24-4-2)20(15)25-14-16-8-5-6-10-18(16)21/h5-11,17,22-23H,3-4,12-14H2,1-2H3/t17-/m1/s1. The van der Waals surface area contributed by atoms with E-state index >= 15 is 0 Å². The van der Waals surface area contributed by atoms with Gasteiger partial charge in [-0.05, 0) is 25.5 Å². The molecular formula is C20H26FNO3. The molecule has 0 fully saturated rings. The molecule has 0 saturated carbocycles. The molecule has 0 heterocycles. The van der Waals surface area contributed by atoms with E-state index < -0.39 is 0 Å². The van der Waals surface area contributed by atoms with Crippen molar-refractivity contribution >= 4 is 0 Å². The van der Waals surface area contributed by atoms with Crippen LogP contribution in [0.25, 0.3) is 0 Å². The van der Waals surface area contributed by atoms with Gasteiger partial charge in [0.2, 0.25) is 0 Å². The van der Waals surface area contributed by atoms with Gasteiger partial charge < -0.3 is 19.9 Å². The number of rotatable bonds is 10. The van der Waals surface area contributed by atoms with E-state index in [1.54, 1.807) is 18.2 Å². The first-order chi connectivity index (χ1) is 12.2. The van der Waals surface area contributed by atoms with Crippen LogP contribution in [0.3, 0.4) is 0 Å². The summed E-state index contributed by atoms with van der Waals surface area (Å²) >= 11 is 0. The number of hydrogen-bond donors (Lipinski definition) is 2. The molecule has 0 aliphatic heterocycles. The van der Waals surface area contributed by atoms with Crippen molar-refractivity contribution in [1.29, 1.82) is 0 Å². The van der Waals surface area contributed by atoms with Crippen molar-refractivity contribution in [2.45, 2.75) is 39.5 Å². The lowest BCUT2D eigenvalue weighted by molar-refractivity contribution is 0.235. The third kappa shape index (κ3) is 5.44. The van der Waals surface area contributed by atoms with Crippen molar-refractivity contribution in [3.05, 3.63) is 59.4 Å². The minimum absolute atomic E-state index is 0.0233. The molecule has 1 atom stereocenters. The van der Waals surface area contributed by atoms with Crippen LogP contribution in [0.4, 0.5) is 4.39 Å². The van der Waals surface area contributed by atoms with Crippen LogP contribution < -0.4 is 14.8 Å². The first kappa shape index (κ1) is 19.2. The number of para-hydroxylation sites is 1. The number of aliphatic hydroxyl groups excluding tert-OH is 1. The Morgan fingerprint density at radius 3 is 2.48 bits per heavy atom. The zero-order valence-corrected chi connectivity index (χ0v) is 14.8. The number of hydrogen-bond acceptors (Lipinski definition) is 4. The average Bonchev–Trinajstić information content (AvgIpc) is 2.63. The van der Waals surface area contributed by atoms with Crippen LogP contribution in [0.1, 0.15) is 31.4 Å². The molecule has 136 valence electrons. The van der Waals surface area contributed by atoms with Gasteiger partial charge in [0.15, 0.2) is 11.5 Å². The van der Waals surface area contributed by atoms with Crippen LogP contribution >= 0.6 is 0 Å². The molecule has 0 saturated heterocycles. The molecule has 4 nitrogen and oxygen atoms in total. The van der Waals surface area contributed by atoms with E-state index in [1.165, 1.54) is 6.07 Å². The lowest BCUT2D eigenvalue weighted by Crippen LogP contribution is -2.31. The minimum atomic E-state index is -0.289. The number of nitrogens with one attached hydrogen (secondary N) is 1. The normalized spacial score (nSPS) is 12.0. The van der Waals surface area contributed by atoms with Gasteiger partial charge >= 0.3 is 0 Å². The molecule has 0 aliphatic carbocycles. The molecule has 2 rings (SSSR count). The Kier molecular flexibility index (Phi) is 7.70. The van der Waals surface area contributed by atoms with Gasteiger partial charge in [0.1, 0.15) is 12.4 Å². The second-order valence-corrected chi connectivity index (χ2v) is 5.73. The number of benzene rings is 2. The summed E-state index contributed by atoms with van der Waals surface area (Å²) < 4.78 is 25.4. The maximum Gasteiger partial charge on any atom is 0.166 e. The highest BCUT2D eigenvalue weighted by Gasteiger charge is 2.14. The van der Waals surface area contributed by atoms with E-state index in [-0.39, 0.29) is 25.1 Å². The van der Waals surface area contributed by atoms with Crippen LogP contribution in [0.5, 0.6) is 11.5 Å². The summed E-state index contributed by atoms with van der Waals surface area (Å²) in [7, 11) is 0. The fourth-order valence-corrected chi connectivity index (χ4v) is 2.49. The summed E-state index contributed by atoms with van der Waals surface area (Å²) in [6.45, 7) is 5.17. The van der Waals surface area contributed by atoms with Crippen molar-refractivity contribution < 1.29 is 19.0 Å². The van der Waals surface area contributed by atoms with E-state index in [2.05, 4.69) is 5.32 Å². The molecule has 5 heteroatoms. The Balaban J connectivity index is 2.18. The van der Waals surface area contributed by atoms with Gasteiger partial charge in [0.25, 0.3) is 0 Å². The van der Waals surface area contributed by atoms with Crippen molar-refractivity contribution in [2.24, 2.45) is 0 Å². The van der Waals surface area contributed by atoms with Crippen molar-refractivity contribution in [2.75, 3.05) is 13.2 Å². The molecular weight excluding hydrogens is 321 g/mol. The average molecular weight is 347 g/mol.